The van der Waals surface area contributed by atoms with Crippen molar-refractivity contribution in [2.45, 2.75) is 6.04 Å². The minimum Gasteiger partial charge on any atom is -0.394 e. The molecular weight excluding hydrogens is 284 g/mol. The highest BCUT2D eigenvalue weighted by Gasteiger charge is 2.13. The van der Waals surface area contributed by atoms with Gasteiger partial charge in [0, 0.05) is 7.11 Å². The summed E-state index contributed by atoms with van der Waals surface area (Å²) in [5, 5.41) is 14.3. The van der Waals surface area contributed by atoms with Gasteiger partial charge >= 0.3 is 0 Å². The lowest BCUT2D eigenvalue weighted by molar-refractivity contribution is -0.121. The highest BCUT2D eigenvalue weighted by molar-refractivity contribution is 6.33. The molecule has 0 saturated heterocycles. The summed E-state index contributed by atoms with van der Waals surface area (Å²) in [5.41, 5.74) is 0.303. The molecule has 1 rings (SSSR count). The number of aliphatic hydroxyl groups is 1. The molecule has 1 aromatic rings. The Balaban J connectivity index is 2.45. The van der Waals surface area contributed by atoms with E-state index in [-0.39, 0.29) is 19.8 Å². The summed E-state index contributed by atoms with van der Waals surface area (Å²) in [7, 11) is 1.47. The van der Waals surface area contributed by atoms with E-state index < -0.39 is 17.9 Å². The standard InChI is InChI=1S/C13H17ClN2O4/c1-20-8-9(7-17)16-12(18)6-15-13(19)10-4-2-3-5-11(10)14/h2-5,9,17H,6-8H2,1H3,(H,15,19)(H,16,18). The van der Waals surface area contributed by atoms with Gasteiger partial charge in [-0.2, -0.15) is 0 Å². The fourth-order valence-corrected chi connectivity index (χ4v) is 1.74. The van der Waals surface area contributed by atoms with Crippen molar-refractivity contribution in [1.82, 2.24) is 10.6 Å². The monoisotopic (exact) mass is 300 g/mol. The van der Waals surface area contributed by atoms with E-state index in [2.05, 4.69) is 10.6 Å². The number of carbonyl (C=O) groups is 2. The summed E-state index contributed by atoms with van der Waals surface area (Å²) in [6.45, 7) is -0.247. The molecule has 0 aliphatic carbocycles. The maximum Gasteiger partial charge on any atom is 0.253 e. The van der Waals surface area contributed by atoms with E-state index in [4.69, 9.17) is 21.4 Å². The fraction of sp³-hybridized carbons (Fsp3) is 0.385. The SMILES string of the molecule is COCC(CO)NC(=O)CNC(=O)c1ccccc1Cl. The van der Waals surface area contributed by atoms with E-state index in [9.17, 15) is 9.59 Å². The smallest absolute Gasteiger partial charge is 0.253 e. The molecule has 6 nitrogen and oxygen atoms in total. The lowest BCUT2D eigenvalue weighted by Gasteiger charge is -2.15. The predicted octanol–water partition coefficient (Wildman–Crippen LogP) is 0.193. The van der Waals surface area contributed by atoms with Crippen LogP contribution in [0.15, 0.2) is 24.3 Å². The van der Waals surface area contributed by atoms with Gasteiger partial charge in [-0.15, -0.1) is 0 Å². The topological polar surface area (TPSA) is 87.7 Å². The van der Waals surface area contributed by atoms with Crippen LogP contribution in [0.3, 0.4) is 0 Å². The lowest BCUT2D eigenvalue weighted by atomic mass is 10.2. The van der Waals surface area contributed by atoms with Crippen molar-refractivity contribution in [2.24, 2.45) is 0 Å². The first-order valence-electron chi connectivity index (χ1n) is 6.00. The zero-order chi connectivity index (χ0) is 15.0. The molecule has 0 spiro atoms. The quantitative estimate of drug-likeness (QED) is 0.671. The van der Waals surface area contributed by atoms with Gasteiger partial charge in [0.25, 0.3) is 5.91 Å². The van der Waals surface area contributed by atoms with E-state index in [0.717, 1.165) is 0 Å². The maximum absolute atomic E-state index is 11.8. The van der Waals surface area contributed by atoms with Gasteiger partial charge in [0.2, 0.25) is 5.91 Å². The van der Waals surface area contributed by atoms with Gasteiger partial charge in [0.15, 0.2) is 0 Å². The van der Waals surface area contributed by atoms with E-state index in [0.29, 0.717) is 10.6 Å². The predicted molar refractivity (Wildman–Crippen MR) is 74.7 cm³/mol. The first-order valence-corrected chi connectivity index (χ1v) is 6.38. The van der Waals surface area contributed by atoms with E-state index >= 15 is 0 Å². The number of rotatable bonds is 7. The van der Waals surface area contributed by atoms with Crippen LogP contribution >= 0.6 is 11.6 Å². The number of ether oxygens (including phenoxy) is 1. The minimum atomic E-state index is -0.496. The number of aliphatic hydroxyl groups excluding tert-OH is 1. The third kappa shape index (κ3) is 5.16. The van der Waals surface area contributed by atoms with Crippen LogP contribution in [-0.4, -0.2) is 49.8 Å². The number of methoxy groups -OCH3 is 1. The molecule has 1 unspecified atom stereocenters. The molecule has 110 valence electrons. The van der Waals surface area contributed by atoms with Crippen molar-refractivity contribution < 1.29 is 19.4 Å². The van der Waals surface area contributed by atoms with Crippen LogP contribution in [0.4, 0.5) is 0 Å². The minimum absolute atomic E-state index is 0.195. The molecule has 1 aromatic carbocycles. The normalized spacial score (nSPS) is 11.8. The Hall–Kier alpha value is -1.63. The first kappa shape index (κ1) is 16.4. The van der Waals surface area contributed by atoms with Gasteiger partial charge in [0.05, 0.1) is 36.4 Å². The lowest BCUT2D eigenvalue weighted by Crippen LogP contribution is -2.45. The first-order chi connectivity index (χ1) is 9.58. The second-order valence-corrected chi connectivity index (χ2v) is 4.47. The zero-order valence-electron chi connectivity index (χ0n) is 11.1. The number of benzene rings is 1. The molecule has 0 heterocycles. The van der Waals surface area contributed by atoms with Crippen LogP contribution in [0.5, 0.6) is 0 Å². The second-order valence-electron chi connectivity index (χ2n) is 4.06. The summed E-state index contributed by atoms with van der Waals surface area (Å²) < 4.78 is 4.83. The molecular formula is C13H17ClN2O4. The Morgan fingerprint density at radius 3 is 2.70 bits per heavy atom. The van der Waals surface area contributed by atoms with Gasteiger partial charge in [-0.3, -0.25) is 9.59 Å². The number of amides is 2. The summed E-state index contributed by atoms with van der Waals surface area (Å²) in [5.74, 6) is -0.848. The third-order valence-corrected chi connectivity index (χ3v) is 2.81. The van der Waals surface area contributed by atoms with Gasteiger partial charge in [0.1, 0.15) is 0 Å². The average Bonchev–Trinajstić information content (AvgIpc) is 2.44. The fourth-order valence-electron chi connectivity index (χ4n) is 1.52. The van der Waals surface area contributed by atoms with Crippen LogP contribution in [-0.2, 0) is 9.53 Å². The van der Waals surface area contributed by atoms with Crippen LogP contribution in [0.1, 0.15) is 10.4 Å². The molecule has 2 amide bonds. The molecule has 0 aliphatic heterocycles. The molecule has 7 heteroatoms. The van der Waals surface area contributed by atoms with Crippen molar-refractivity contribution in [2.75, 3.05) is 26.9 Å². The van der Waals surface area contributed by atoms with Crippen molar-refractivity contribution in [1.29, 1.82) is 0 Å². The maximum atomic E-state index is 11.8. The summed E-state index contributed by atoms with van der Waals surface area (Å²) in [6, 6.07) is 6.06. The van der Waals surface area contributed by atoms with Gasteiger partial charge in [-0.05, 0) is 12.1 Å². The van der Waals surface area contributed by atoms with Crippen LogP contribution in [0, 0.1) is 0 Å². The van der Waals surface area contributed by atoms with E-state index in [1.807, 2.05) is 0 Å². The van der Waals surface area contributed by atoms with Crippen molar-refractivity contribution in [3.8, 4) is 0 Å². The number of hydrogen-bond acceptors (Lipinski definition) is 4. The molecule has 0 aliphatic rings. The third-order valence-electron chi connectivity index (χ3n) is 2.48. The molecule has 20 heavy (non-hydrogen) atoms. The average molecular weight is 301 g/mol. The highest BCUT2D eigenvalue weighted by Crippen LogP contribution is 2.14. The summed E-state index contributed by atoms with van der Waals surface area (Å²) in [4.78, 5) is 23.4. The van der Waals surface area contributed by atoms with Crippen LogP contribution in [0.25, 0.3) is 0 Å². The summed E-state index contributed by atoms with van der Waals surface area (Å²) >= 11 is 5.87. The Morgan fingerprint density at radius 2 is 2.10 bits per heavy atom. The van der Waals surface area contributed by atoms with E-state index in [1.165, 1.54) is 7.11 Å². The van der Waals surface area contributed by atoms with Gasteiger partial charge in [-0.25, -0.2) is 0 Å². The Labute approximate surface area is 122 Å². The molecule has 0 radical (unpaired) electrons. The van der Waals surface area contributed by atoms with Crippen molar-refractivity contribution >= 4 is 23.4 Å². The zero-order valence-corrected chi connectivity index (χ0v) is 11.8. The largest absolute Gasteiger partial charge is 0.394 e. The number of halogens is 1. The Kier molecular flexibility index (Phi) is 7.00. The molecule has 0 bridgehead atoms. The molecule has 0 aromatic heterocycles. The molecule has 1 atom stereocenters. The van der Waals surface area contributed by atoms with Crippen LogP contribution in [0.2, 0.25) is 5.02 Å². The number of carbonyl (C=O) groups excluding carboxylic acids is 2. The Bertz CT molecular complexity index is 467. The Morgan fingerprint density at radius 1 is 1.40 bits per heavy atom. The molecule has 0 fully saturated rings. The van der Waals surface area contributed by atoms with Gasteiger partial charge in [-0.1, -0.05) is 23.7 Å². The second kappa shape index (κ2) is 8.52. The van der Waals surface area contributed by atoms with Gasteiger partial charge < -0.3 is 20.5 Å². The van der Waals surface area contributed by atoms with Crippen molar-refractivity contribution in [3.05, 3.63) is 34.9 Å². The molecule has 0 saturated carbocycles. The summed E-state index contributed by atoms with van der Waals surface area (Å²) in [6.07, 6.45) is 0. The number of nitrogens with one attached hydrogen (secondary N) is 2. The molecule has 3 N–H and O–H groups in total. The number of hydrogen-bond donors (Lipinski definition) is 3. The highest BCUT2D eigenvalue weighted by atomic mass is 35.5. The van der Waals surface area contributed by atoms with E-state index in [1.54, 1.807) is 24.3 Å². The van der Waals surface area contributed by atoms with Crippen molar-refractivity contribution in [3.63, 3.8) is 0 Å². The van der Waals surface area contributed by atoms with Crippen LogP contribution < -0.4 is 10.6 Å².